The van der Waals surface area contributed by atoms with Crippen molar-refractivity contribution in [3.63, 3.8) is 0 Å². The fourth-order valence-electron chi connectivity index (χ4n) is 1.77. The number of ether oxygens (including phenoxy) is 1. The number of ketones is 1. The highest BCUT2D eigenvalue weighted by Gasteiger charge is 2.19. The first-order chi connectivity index (χ1) is 10.6. The molecule has 0 aliphatic heterocycles. The molecule has 2 aromatic carbocycles. The van der Waals surface area contributed by atoms with Crippen molar-refractivity contribution in [3.05, 3.63) is 75.8 Å². The van der Waals surface area contributed by atoms with Crippen molar-refractivity contribution >= 4 is 11.5 Å². The van der Waals surface area contributed by atoms with Gasteiger partial charge in [-0.25, -0.2) is 0 Å². The fraction of sp³-hybridized carbons (Fsp3) is 0.235. The molecule has 0 amide bonds. The summed E-state index contributed by atoms with van der Waals surface area (Å²) in [6.45, 7) is 5.67. The van der Waals surface area contributed by atoms with Gasteiger partial charge in [0.25, 0.3) is 5.69 Å². The lowest BCUT2D eigenvalue weighted by Gasteiger charge is -2.01. The molecule has 0 saturated carbocycles. The fourth-order valence-corrected chi connectivity index (χ4v) is 1.77. The van der Waals surface area contributed by atoms with Crippen molar-refractivity contribution in [2.24, 2.45) is 0 Å². The van der Waals surface area contributed by atoms with Crippen LogP contribution in [-0.4, -0.2) is 23.9 Å². The summed E-state index contributed by atoms with van der Waals surface area (Å²) < 4.78 is 4.83. The first kappa shape index (κ1) is 17.5. The molecule has 116 valence electrons. The third-order valence-corrected chi connectivity index (χ3v) is 2.79. The molecule has 2 aromatic rings. The topological polar surface area (TPSA) is 69.4 Å². The zero-order valence-corrected chi connectivity index (χ0v) is 12.7. The molecule has 0 spiro atoms. The first-order valence-electron chi connectivity index (χ1n) is 7.02. The molecular formula is C17H19NO4. The maximum atomic E-state index is 12.1. The van der Waals surface area contributed by atoms with Crippen LogP contribution in [0.15, 0.2) is 54.6 Å². The SMILES string of the molecule is CCOCC.O=C(c1ccccc1)c1ccccc1[N+](=O)[O-]. The quantitative estimate of drug-likeness (QED) is 0.477. The molecule has 0 N–H and O–H groups in total. The third-order valence-electron chi connectivity index (χ3n) is 2.79. The normalized spacial score (nSPS) is 9.55. The Morgan fingerprint density at radius 2 is 1.55 bits per heavy atom. The van der Waals surface area contributed by atoms with Gasteiger partial charge in [-0.3, -0.25) is 14.9 Å². The van der Waals surface area contributed by atoms with Crippen molar-refractivity contribution in [3.8, 4) is 0 Å². The van der Waals surface area contributed by atoms with Gasteiger partial charge in [-0.1, -0.05) is 42.5 Å². The molecule has 0 bridgehead atoms. The van der Waals surface area contributed by atoms with Crippen molar-refractivity contribution in [1.82, 2.24) is 0 Å². The number of carbonyl (C=O) groups excluding carboxylic acids is 1. The Balaban J connectivity index is 0.000000422. The highest BCUT2D eigenvalue weighted by Crippen LogP contribution is 2.20. The minimum Gasteiger partial charge on any atom is -0.382 e. The molecule has 0 aromatic heterocycles. The largest absolute Gasteiger partial charge is 0.382 e. The predicted molar refractivity (Wildman–Crippen MR) is 85.1 cm³/mol. The van der Waals surface area contributed by atoms with Crippen molar-refractivity contribution in [1.29, 1.82) is 0 Å². The Morgan fingerprint density at radius 3 is 2.05 bits per heavy atom. The molecule has 0 aliphatic rings. The Morgan fingerprint density at radius 1 is 1.00 bits per heavy atom. The number of para-hydroxylation sites is 1. The van der Waals surface area contributed by atoms with Crippen LogP contribution in [-0.2, 0) is 4.74 Å². The first-order valence-corrected chi connectivity index (χ1v) is 7.02. The molecule has 0 aliphatic carbocycles. The second-order valence-corrected chi connectivity index (χ2v) is 4.25. The highest BCUT2D eigenvalue weighted by atomic mass is 16.6. The summed E-state index contributed by atoms with van der Waals surface area (Å²) >= 11 is 0. The highest BCUT2D eigenvalue weighted by molar-refractivity contribution is 6.11. The summed E-state index contributed by atoms with van der Waals surface area (Å²) in [6, 6.07) is 14.5. The van der Waals surface area contributed by atoms with Crippen LogP contribution in [0.5, 0.6) is 0 Å². The van der Waals surface area contributed by atoms with E-state index in [0.29, 0.717) is 5.56 Å². The van der Waals surface area contributed by atoms with Gasteiger partial charge in [0.05, 0.1) is 4.92 Å². The molecule has 2 rings (SSSR count). The van der Waals surface area contributed by atoms with Crippen LogP contribution in [0.25, 0.3) is 0 Å². The zero-order chi connectivity index (χ0) is 16.4. The lowest BCUT2D eigenvalue weighted by molar-refractivity contribution is -0.385. The van der Waals surface area contributed by atoms with Gasteiger partial charge >= 0.3 is 0 Å². The van der Waals surface area contributed by atoms with Crippen molar-refractivity contribution in [2.45, 2.75) is 13.8 Å². The van der Waals surface area contributed by atoms with Crippen LogP contribution < -0.4 is 0 Å². The van der Waals surface area contributed by atoms with Crippen LogP contribution in [0.3, 0.4) is 0 Å². The molecule has 0 fully saturated rings. The van der Waals surface area contributed by atoms with E-state index in [0.717, 1.165) is 13.2 Å². The maximum Gasteiger partial charge on any atom is 0.280 e. The summed E-state index contributed by atoms with van der Waals surface area (Å²) in [4.78, 5) is 22.3. The number of carbonyl (C=O) groups is 1. The standard InChI is InChI=1S/C13H9NO3.C4H10O/c15-13(10-6-2-1-3-7-10)11-8-4-5-9-12(11)14(16)17;1-3-5-4-2/h1-9H;3-4H2,1-2H3. The molecule has 22 heavy (non-hydrogen) atoms. The summed E-state index contributed by atoms with van der Waals surface area (Å²) in [6.07, 6.45) is 0. The number of nitro benzene ring substituents is 1. The Hall–Kier alpha value is -2.53. The number of hydrogen-bond acceptors (Lipinski definition) is 4. The summed E-state index contributed by atoms with van der Waals surface area (Å²) in [7, 11) is 0. The molecule has 0 saturated heterocycles. The molecule has 5 nitrogen and oxygen atoms in total. The molecule has 0 radical (unpaired) electrons. The van der Waals surface area contributed by atoms with Gasteiger partial charge in [0.15, 0.2) is 5.78 Å². The van der Waals surface area contributed by atoms with Gasteiger partial charge < -0.3 is 4.74 Å². The van der Waals surface area contributed by atoms with Gasteiger partial charge in [-0.05, 0) is 19.9 Å². The second-order valence-electron chi connectivity index (χ2n) is 4.25. The zero-order valence-electron chi connectivity index (χ0n) is 12.7. The van der Waals surface area contributed by atoms with E-state index in [1.807, 2.05) is 13.8 Å². The average molecular weight is 301 g/mol. The van der Waals surface area contributed by atoms with E-state index >= 15 is 0 Å². The molecule has 5 heteroatoms. The van der Waals surface area contributed by atoms with Gasteiger partial charge in [0, 0.05) is 24.8 Å². The smallest absolute Gasteiger partial charge is 0.280 e. The van der Waals surface area contributed by atoms with Gasteiger partial charge in [0.2, 0.25) is 0 Å². The number of nitrogens with zero attached hydrogens (tertiary/aromatic N) is 1. The average Bonchev–Trinajstić information content (AvgIpc) is 2.56. The van der Waals surface area contributed by atoms with E-state index in [1.165, 1.54) is 12.1 Å². The van der Waals surface area contributed by atoms with E-state index in [9.17, 15) is 14.9 Å². The Labute approximate surface area is 129 Å². The summed E-state index contributed by atoms with van der Waals surface area (Å²) in [5, 5.41) is 10.8. The summed E-state index contributed by atoms with van der Waals surface area (Å²) in [5.41, 5.74) is 0.395. The predicted octanol–water partition coefficient (Wildman–Crippen LogP) is 3.87. The molecule has 0 heterocycles. The monoisotopic (exact) mass is 301 g/mol. The van der Waals surface area contributed by atoms with E-state index < -0.39 is 4.92 Å². The van der Waals surface area contributed by atoms with Crippen LogP contribution in [0, 0.1) is 10.1 Å². The van der Waals surface area contributed by atoms with E-state index in [4.69, 9.17) is 4.74 Å². The molecule has 0 atom stereocenters. The number of nitro groups is 1. The van der Waals surface area contributed by atoms with Crippen molar-refractivity contribution < 1.29 is 14.5 Å². The summed E-state index contributed by atoms with van der Waals surface area (Å²) in [5.74, 6) is -0.335. The van der Waals surface area contributed by atoms with Crippen LogP contribution in [0.1, 0.15) is 29.8 Å². The van der Waals surface area contributed by atoms with Gasteiger partial charge in [-0.2, -0.15) is 0 Å². The van der Waals surface area contributed by atoms with E-state index in [2.05, 4.69) is 0 Å². The van der Waals surface area contributed by atoms with E-state index in [1.54, 1.807) is 42.5 Å². The Kier molecular flexibility index (Phi) is 7.50. The lowest BCUT2D eigenvalue weighted by Crippen LogP contribution is -2.04. The molecule has 0 unspecified atom stereocenters. The second kappa shape index (κ2) is 9.41. The van der Waals surface area contributed by atoms with Gasteiger partial charge in [-0.15, -0.1) is 0 Å². The number of hydrogen-bond donors (Lipinski definition) is 0. The minimum absolute atomic E-state index is 0.115. The Bertz CT molecular complexity index is 609. The van der Waals surface area contributed by atoms with E-state index in [-0.39, 0.29) is 17.0 Å². The third kappa shape index (κ3) is 5.10. The van der Waals surface area contributed by atoms with Crippen LogP contribution in [0.4, 0.5) is 5.69 Å². The number of benzene rings is 2. The van der Waals surface area contributed by atoms with Gasteiger partial charge in [0.1, 0.15) is 5.56 Å². The van der Waals surface area contributed by atoms with Crippen LogP contribution >= 0.6 is 0 Å². The molecular weight excluding hydrogens is 282 g/mol. The minimum atomic E-state index is -0.545. The van der Waals surface area contributed by atoms with Crippen LogP contribution in [0.2, 0.25) is 0 Å². The van der Waals surface area contributed by atoms with Crippen molar-refractivity contribution in [2.75, 3.05) is 13.2 Å². The number of rotatable bonds is 5. The maximum absolute atomic E-state index is 12.1. The lowest BCUT2D eigenvalue weighted by atomic mass is 10.0.